The molecular weight excluding hydrogens is 146 g/mol. The second kappa shape index (κ2) is 3.09. The van der Waals surface area contributed by atoms with E-state index in [1.807, 2.05) is 0 Å². The van der Waals surface area contributed by atoms with Gasteiger partial charge in [-0.25, -0.2) is 0 Å². The summed E-state index contributed by atoms with van der Waals surface area (Å²) in [5, 5.41) is 8.44. The third-order valence-electron chi connectivity index (χ3n) is 3.39. The van der Waals surface area contributed by atoms with Crippen LogP contribution in [0.1, 0.15) is 52.9 Å². The Balaban J connectivity index is 2.36. The van der Waals surface area contributed by atoms with Gasteiger partial charge in [0, 0.05) is 6.42 Å². The highest BCUT2D eigenvalue weighted by Crippen LogP contribution is 2.61. The second-order valence-corrected chi connectivity index (χ2v) is 5.04. The predicted molar refractivity (Wildman–Crippen MR) is 50.6 cm³/mol. The van der Waals surface area contributed by atoms with Gasteiger partial charge in [0.15, 0.2) is 0 Å². The Morgan fingerprint density at radius 2 is 1.92 bits per heavy atom. The number of hydrogen-bond donors (Lipinski definition) is 0. The average molecular weight is 165 g/mol. The Bertz CT molecular complexity index is 188. The molecule has 1 nitrogen and oxygen atoms in total. The first-order chi connectivity index (χ1) is 5.52. The van der Waals surface area contributed by atoms with Gasteiger partial charge in [0.2, 0.25) is 0 Å². The minimum atomic E-state index is 0.447. The second-order valence-electron chi connectivity index (χ2n) is 5.04. The Labute approximate surface area is 75.8 Å². The van der Waals surface area contributed by atoms with Gasteiger partial charge in [0.25, 0.3) is 0 Å². The topological polar surface area (TPSA) is 23.8 Å². The van der Waals surface area contributed by atoms with Crippen molar-refractivity contribution in [3.05, 3.63) is 0 Å². The van der Waals surface area contributed by atoms with Crippen LogP contribution in [0.2, 0.25) is 0 Å². The van der Waals surface area contributed by atoms with E-state index >= 15 is 0 Å². The third kappa shape index (κ3) is 1.80. The largest absolute Gasteiger partial charge is 0.198 e. The lowest BCUT2D eigenvalue weighted by atomic mass is 9.75. The van der Waals surface area contributed by atoms with Crippen LogP contribution in [-0.4, -0.2) is 0 Å². The first kappa shape index (κ1) is 9.58. The summed E-state index contributed by atoms with van der Waals surface area (Å²) in [6, 6.07) is 2.22. The molecule has 0 heterocycles. The van der Waals surface area contributed by atoms with Gasteiger partial charge in [-0.2, -0.15) is 5.26 Å². The zero-order valence-corrected chi connectivity index (χ0v) is 8.48. The SMILES string of the molecule is CC(C)(C)C1(CCCC#N)CC1. The highest BCUT2D eigenvalue weighted by molar-refractivity contribution is 5.01. The Hall–Kier alpha value is -0.510. The lowest BCUT2D eigenvalue weighted by molar-refractivity contribution is 0.196. The predicted octanol–water partition coefficient (Wildman–Crippen LogP) is 3.51. The van der Waals surface area contributed by atoms with Crippen LogP contribution in [0.25, 0.3) is 0 Å². The van der Waals surface area contributed by atoms with Crippen molar-refractivity contribution in [2.45, 2.75) is 52.9 Å². The van der Waals surface area contributed by atoms with Gasteiger partial charge in [-0.05, 0) is 36.5 Å². The zero-order chi connectivity index (χ0) is 9.24. The Kier molecular flexibility index (Phi) is 2.46. The summed E-state index contributed by atoms with van der Waals surface area (Å²) in [6.07, 6.45) is 5.83. The van der Waals surface area contributed by atoms with Crippen molar-refractivity contribution >= 4 is 0 Å². The summed E-state index contributed by atoms with van der Waals surface area (Å²) in [7, 11) is 0. The van der Waals surface area contributed by atoms with Crippen molar-refractivity contribution in [2.24, 2.45) is 10.8 Å². The van der Waals surface area contributed by atoms with E-state index in [2.05, 4.69) is 26.8 Å². The number of nitrogens with zero attached hydrogens (tertiary/aromatic N) is 1. The van der Waals surface area contributed by atoms with Crippen LogP contribution in [-0.2, 0) is 0 Å². The molecule has 0 aromatic heterocycles. The number of rotatable bonds is 3. The van der Waals surface area contributed by atoms with Gasteiger partial charge in [0.05, 0.1) is 6.07 Å². The van der Waals surface area contributed by atoms with Crippen molar-refractivity contribution in [1.29, 1.82) is 5.26 Å². The van der Waals surface area contributed by atoms with Crippen molar-refractivity contribution < 1.29 is 0 Å². The average Bonchev–Trinajstić information content (AvgIpc) is 2.67. The van der Waals surface area contributed by atoms with Crippen LogP contribution < -0.4 is 0 Å². The summed E-state index contributed by atoms with van der Waals surface area (Å²) in [5.74, 6) is 0. The van der Waals surface area contributed by atoms with E-state index in [1.165, 1.54) is 19.3 Å². The molecule has 68 valence electrons. The van der Waals surface area contributed by atoms with E-state index in [0.717, 1.165) is 12.8 Å². The van der Waals surface area contributed by atoms with Gasteiger partial charge < -0.3 is 0 Å². The minimum Gasteiger partial charge on any atom is -0.198 e. The molecule has 0 radical (unpaired) electrons. The van der Waals surface area contributed by atoms with Crippen molar-refractivity contribution in [1.82, 2.24) is 0 Å². The summed E-state index contributed by atoms with van der Waals surface area (Å²) in [4.78, 5) is 0. The van der Waals surface area contributed by atoms with Crippen LogP contribution >= 0.6 is 0 Å². The Morgan fingerprint density at radius 3 is 2.25 bits per heavy atom. The molecule has 0 bridgehead atoms. The standard InChI is InChI=1S/C11H19N/c1-10(2,3)11(7-8-11)6-4-5-9-12/h4-8H2,1-3H3. The molecule has 0 aliphatic heterocycles. The number of unbranched alkanes of at least 4 members (excludes halogenated alkanes) is 1. The fourth-order valence-corrected chi connectivity index (χ4v) is 2.03. The van der Waals surface area contributed by atoms with E-state index < -0.39 is 0 Å². The first-order valence-electron chi connectivity index (χ1n) is 4.89. The molecule has 0 unspecified atom stereocenters. The summed E-state index contributed by atoms with van der Waals surface area (Å²) in [6.45, 7) is 6.98. The van der Waals surface area contributed by atoms with Gasteiger partial charge in [-0.1, -0.05) is 20.8 Å². The van der Waals surface area contributed by atoms with Gasteiger partial charge >= 0.3 is 0 Å². The molecule has 12 heavy (non-hydrogen) atoms. The van der Waals surface area contributed by atoms with E-state index in [-0.39, 0.29) is 0 Å². The first-order valence-corrected chi connectivity index (χ1v) is 4.89. The molecule has 0 aromatic carbocycles. The van der Waals surface area contributed by atoms with Crippen molar-refractivity contribution in [3.63, 3.8) is 0 Å². The lowest BCUT2D eigenvalue weighted by Gasteiger charge is -2.30. The fourth-order valence-electron chi connectivity index (χ4n) is 2.03. The summed E-state index contributed by atoms with van der Waals surface area (Å²) < 4.78 is 0. The molecule has 0 atom stereocenters. The molecule has 1 rings (SSSR count). The normalized spacial score (nSPS) is 20.2. The highest BCUT2D eigenvalue weighted by Gasteiger charge is 2.50. The third-order valence-corrected chi connectivity index (χ3v) is 3.39. The maximum absolute atomic E-state index is 8.44. The van der Waals surface area contributed by atoms with E-state index in [1.54, 1.807) is 0 Å². The molecule has 1 aliphatic rings. The summed E-state index contributed by atoms with van der Waals surface area (Å²) in [5.41, 5.74) is 1.03. The molecule has 0 amide bonds. The zero-order valence-electron chi connectivity index (χ0n) is 8.48. The van der Waals surface area contributed by atoms with Crippen LogP contribution in [0, 0.1) is 22.2 Å². The van der Waals surface area contributed by atoms with E-state index in [0.29, 0.717) is 10.8 Å². The summed E-state index contributed by atoms with van der Waals surface area (Å²) >= 11 is 0. The highest BCUT2D eigenvalue weighted by atomic mass is 14.5. The van der Waals surface area contributed by atoms with Crippen LogP contribution in [0.15, 0.2) is 0 Å². The van der Waals surface area contributed by atoms with Crippen LogP contribution in [0.3, 0.4) is 0 Å². The molecular formula is C11H19N. The van der Waals surface area contributed by atoms with E-state index in [9.17, 15) is 0 Å². The number of hydrogen-bond acceptors (Lipinski definition) is 1. The molecule has 1 aliphatic carbocycles. The minimum absolute atomic E-state index is 0.447. The Morgan fingerprint density at radius 1 is 1.33 bits per heavy atom. The van der Waals surface area contributed by atoms with Crippen LogP contribution in [0.5, 0.6) is 0 Å². The molecule has 1 fully saturated rings. The molecule has 1 heteroatoms. The van der Waals surface area contributed by atoms with Crippen molar-refractivity contribution in [2.75, 3.05) is 0 Å². The molecule has 0 spiro atoms. The maximum Gasteiger partial charge on any atom is 0.0621 e. The lowest BCUT2D eigenvalue weighted by Crippen LogP contribution is -2.21. The molecule has 0 N–H and O–H groups in total. The fraction of sp³-hybridized carbons (Fsp3) is 0.909. The molecule has 1 saturated carbocycles. The maximum atomic E-state index is 8.44. The molecule has 0 saturated heterocycles. The van der Waals surface area contributed by atoms with Gasteiger partial charge in [-0.3, -0.25) is 0 Å². The van der Waals surface area contributed by atoms with E-state index in [4.69, 9.17) is 5.26 Å². The van der Waals surface area contributed by atoms with Crippen molar-refractivity contribution in [3.8, 4) is 6.07 Å². The quantitative estimate of drug-likeness (QED) is 0.587. The van der Waals surface area contributed by atoms with Gasteiger partial charge in [0.1, 0.15) is 0 Å². The van der Waals surface area contributed by atoms with Crippen LogP contribution in [0.4, 0.5) is 0 Å². The molecule has 0 aromatic rings. The monoisotopic (exact) mass is 165 g/mol. The van der Waals surface area contributed by atoms with Gasteiger partial charge in [-0.15, -0.1) is 0 Å². The smallest absolute Gasteiger partial charge is 0.0621 e. The number of nitriles is 1.